The smallest absolute Gasteiger partial charge is 0.139 e. The fourth-order valence-corrected chi connectivity index (χ4v) is 2.51. The van der Waals surface area contributed by atoms with Gasteiger partial charge < -0.3 is 9.47 Å². The van der Waals surface area contributed by atoms with Gasteiger partial charge in [0.25, 0.3) is 0 Å². The molecule has 1 saturated heterocycles. The summed E-state index contributed by atoms with van der Waals surface area (Å²) < 4.78 is 10.7. The Kier molecular flexibility index (Phi) is 3.42. The first-order valence-corrected chi connectivity index (χ1v) is 5.91. The van der Waals surface area contributed by atoms with Crippen molar-refractivity contribution in [1.29, 1.82) is 0 Å². The number of Topliss-reactive ketones (excluding diaryl/α,β-unsaturated/α-hetero) is 1. The van der Waals surface area contributed by atoms with E-state index in [4.69, 9.17) is 9.47 Å². The highest BCUT2D eigenvalue weighted by atomic mass is 16.5. The van der Waals surface area contributed by atoms with E-state index >= 15 is 0 Å². The molecule has 0 aromatic rings. The molecule has 0 spiro atoms. The largest absolute Gasteiger partial charge is 0.381 e. The molecule has 2 aliphatic rings. The minimum absolute atomic E-state index is 0.102. The first-order valence-electron chi connectivity index (χ1n) is 5.91. The molecule has 3 heteroatoms. The van der Waals surface area contributed by atoms with Gasteiger partial charge in [-0.25, -0.2) is 0 Å². The van der Waals surface area contributed by atoms with Crippen molar-refractivity contribution in [2.75, 3.05) is 20.3 Å². The molecule has 1 aliphatic carbocycles. The molecule has 0 bridgehead atoms. The van der Waals surface area contributed by atoms with Crippen LogP contribution in [0.1, 0.15) is 38.5 Å². The van der Waals surface area contributed by atoms with E-state index in [2.05, 4.69) is 0 Å². The van der Waals surface area contributed by atoms with Crippen molar-refractivity contribution in [1.82, 2.24) is 0 Å². The van der Waals surface area contributed by atoms with Crippen molar-refractivity contribution in [2.24, 2.45) is 5.92 Å². The second kappa shape index (κ2) is 4.62. The van der Waals surface area contributed by atoms with E-state index in [0.29, 0.717) is 12.2 Å². The summed E-state index contributed by atoms with van der Waals surface area (Å²) in [7, 11) is 1.73. The number of rotatable bonds is 4. The van der Waals surface area contributed by atoms with E-state index in [9.17, 15) is 4.79 Å². The van der Waals surface area contributed by atoms with Crippen molar-refractivity contribution in [3.8, 4) is 0 Å². The Morgan fingerprint density at radius 2 is 2.07 bits per heavy atom. The van der Waals surface area contributed by atoms with E-state index in [1.807, 2.05) is 0 Å². The fraction of sp³-hybridized carbons (Fsp3) is 0.917. The number of hydrogen-bond donors (Lipinski definition) is 0. The first kappa shape index (κ1) is 11.1. The van der Waals surface area contributed by atoms with Gasteiger partial charge in [0.05, 0.1) is 5.60 Å². The second-order valence-corrected chi connectivity index (χ2v) is 4.77. The predicted molar refractivity (Wildman–Crippen MR) is 56.8 cm³/mol. The summed E-state index contributed by atoms with van der Waals surface area (Å²) in [5.74, 6) is 0.617. The van der Waals surface area contributed by atoms with Gasteiger partial charge in [-0.1, -0.05) is 0 Å². The number of methoxy groups -OCH3 is 1. The molecule has 3 nitrogen and oxygen atoms in total. The molecule has 15 heavy (non-hydrogen) atoms. The molecule has 0 aromatic carbocycles. The molecule has 1 heterocycles. The number of hydrogen-bond acceptors (Lipinski definition) is 3. The third-order valence-electron chi connectivity index (χ3n) is 3.87. The van der Waals surface area contributed by atoms with Crippen LogP contribution in [0.15, 0.2) is 0 Å². The normalized spacial score (nSPS) is 25.9. The summed E-state index contributed by atoms with van der Waals surface area (Å²) in [5.41, 5.74) is -0.102. The van der Waals surface area contributed by atoms with Crippen LogP contribution in [0.3, 0.4) is 0 Å². The van der Waals surface area contributed by atoms with Crippen LogP contribution in [-0.2, 0) is 14.3 Å². The second-order valence-electron chi connectivity index (χ2n) is 4.77. The Labute approximate surface area is 91.1 Å². The van der Waals surface area contributed by atoms with Crippen LogP contribution >= 0.6 is 0 Å². The fourth-order valence-electron chi connectivity index (χ4n) is 2.51. The minimum Gasteiger partial charge on any atom is -0.381 e. The van der Waals surface area contributed by atoms with Gasteiger partial charge >= 0.3 is 0 Å². The van der Waals surface area contributed by atoms with E-state index in [-0.39, 0.29) is 11.5 Å². The Hall–Kier alpha value is -0.410. The zero-order valence-corrected chi connectivity index (χ0v) is 9.46. The molecule has 86 valence electrons. The molecule has 0 aromatic heterocycles. The van der Waals surface area contributed by atoms with Crippen LogP contribution in [0, 0.1) is 5.92 Å². The number of carbonyl (C=O) groups is 1. The van der Waals surface area contributed by atoms with Gasteiger partial charge in [-0.2, -0.15) is 0 Å². The summed E-state index contributed by atoms with van der Waals surface area (Å²) in [4.78, 5) is 12.0. The van der Waals surface area contributed by atoms with Crippen molar-refractivity contribution in [3.63, 3.8) is 0 Å². The summed E-state index contributed by atoms with van der Waals surface area (Å²) in [6, 6.07) is 0. The van der Waals surface area contributed by atoms with Gasteiger partial charge in [0, 0.05) is 32.7 Å². The molecular weight excluding hydrogens is 192 g/mol. The monoisotopic (exact) mass is 212 g/mol. The average molecular weight is 212 g/mol. The molecule has 0 unspecified atom stereocenters. The van der Waals surface area contributed by atoms with Gasteiger partial charge in [0.15, 0.2) is 0 Å². The van der Waals surface area contributed by atoms with Crippen LogP contribution in [0.5, 0.6) is 0 Å². The van der Waals surface area contributed by atoms with Gasteiger partial charge in [-0.15, -0.1) is 0 Å². The highest BCUT2D eigenvalue weighted by molar-refractivity contribution is 5.82. The van der Waals surface area contributed by atoms with Gasteiger partial charge in [-0.05, 0) is 32.1 Å². The van der Waals surface area contributed by atoms with Gasteiger partial charge in [-0.3, -0.25) is 4.79 Å². The summed E-state index contributed by atoms with van der Waals surface area (Å²) >= 11 is 0. The van der Waals surface area contributed by atoms with E-state index in [1.54, 1.807) is 7.11 Å². The molecule has 0 radical (unpaired) electrons. The Morgan fingerprint density at radius 3 is 2.53 bits per heavy atom. The highest BCUT2D eigenvalue weighted by Crippen LogP contribution is 2.39. The molecule has 0 amide bonds. The SMILES string of the molecule is COC1(CC(=O)C2CCOCC2)CCC1. The molecule has 2 rings (SSSR count). The lowest BCUT2D eigenvalue weighted by Gasteiger charge is -2.41. The molecule has 0 atom stereocenters. The predicted octanol–water partition coefficient (Wildman–Crippen LogP) is 1.94. The number of ether oxygens (including phenoxy) is 2. The minimum atomic E-state index is -0.102. The van der Waals surface area contributed by atoms with Gasteiger partial charge in [0.2, 0.25) is 0 Å². The topological polar surface area (TPSA) is 35.5 Å². The summed E-state index contributed by atoms with van der Waals surface area (Å²) in [6.45, 7) is 1.49. The van der Waals surface area contributed by atoms with Crippen molar-refractivity contribution in [3.05, 3.63) is 0 Å². The van der Waals surface area contributed by atoms with E-state index in [0.717, 1.165) is 38.9 Å². The lowest BCUT2D eigenvalue weighted by atomic mass is 9.74. The van der Waals surface area contributed by atoms with Crippen LogP contribution < -0.4 is 0 Å². The van der Waals surface area contributed by atoms with Crippen LogP contribution in [-0.4, -0.2) is 31.7 Å². The average Bonchev–Trinajstić information content (AvgIpc) is 2.24. The van der Waals surface area contributed by atoms with Crippen molar-refractivity contribution >= 4 is 5.78 Å². The van der Waals surface area contributed by atoms with E-state index in [1.165, 1.54) is 6.42 Å². The first-order chi connectivity index (χ1) is 7.26. The zero-order valence-electron chi connectivity index (χ0n) is 9.46. The molecule has 2 fully saturated rings. The molecule has 0 N–H and O–H groups in total. The van der Waals surface area contributed by atoms with Crippen LogP contribution in [0.4, 0.5) is 0 Å². The van der Waals surface area contributed by atoms with Gasteiger partial charge in [0.1, 0.15) is 5.78 Å². The Bertz CT molecular complexity index is 222. The standard InChI is InChI=1S/C12H20O3/c1-14-12(5-2-6-12)9-11(13)10-3-7-15-8-4-10/h10H,2-9H2,1H3. The summed E-state index contributed by atoms with van der Waals surface area (Å²) in [6.07, 6.45) is 5.73. The lowest BCUT2D eigenvalue weighted by Crippen LogP contribution is -2.42. The highest BCUT2D eigenvalue weighted by Gasteiger charge is 2.40. The Morgan fingerprint density at radius 1 is 1.40 bits per heavy atom. The van der Waals surface area contributed by atoms with E-state index < -0.39 is 0 Å². The molecule has 1 saturated carbocycles. The quantitative estimate of drug-likeness (QED) is 0.714. The zero-order chi connectivity index (χ0) is 10.7. The van der Waals surface area contributed by atoms with Crippen molar-refractivity contribution in [2.45, 2.75) is 44.1 Å². The lowest BCUT2D eigenvalue weighted by molar-refractivity contribution is -0.138. The maximum atomic E-state index is 12.0. The van der Waals surface area contributed by atoms with Crippen LogP contribution in [0.2, 0.25) is 0 Å². The summed E-state index contributed by atoms with van der Waals surface area (Å²) in [5, 5.41) is 0. The molecule has 1 aliphatic heterocycles. The number of ketones is 1. The maximum absolute atomic E-state index is 12.0. The van der Waals surface area contributed by atoms with Crippen LogP contribution in [0.25, 0.3) is 0 Å². The molecular formula is C12H20O3. The maximum Gasteiger partial charge on any atom is 0.139 e. The van der Waals surface area contributed by atoms with Crippen molar-refractivity contribution < 1.29 is 14.3 Å². The Balaban J connectivity index is 1.85. The third-order valence-corrected chi connectivity index (χ3v) is 3.87. The number of carbonyl (C=O) groups excluding carboxylic acids is 1. The third kappa shape index (κ3) is 2.40.